The van der Waals surface area contributed by atoms with Crippen LogP contribution in [0.4, 0.5) is 18.9 Å². The van der Waals surface area contributed by atoms with Gasteiger partial charge in [0, 0.05) is 10.7 Å². The maximum absolute atomic E-state index is 12.7. The van der Waals surface area contributed by atoms with Gasteiger partial charge in [-0.05, 0) is 36.4 Å². The molecule has 2 nitrogen and oxygen atoms in total. The first-order valence-electron chi connectivity index (χ1n) is 5.37. The van der Waals surface area contributed by atoms with Gasteiger partial charge in [-0.3, -0.25) is 0 Å². The summed E-state index contributed by atoms with van der Waals surface area (Å²) in [6.07, 6.45) is -4.55. The molecule has 0 saturated carbocycles. The first kappa shape index (κ1) is 14.8. The highest BCUT2D eigenvalue weighted by atomic mass is 35.5. The smallest absolute Gasteiger partial charge is 0.418 e. The Morgan fingerprint density at radius 1 is 1.00 bits per heavy atom. The number of alkyl halides is 3. The van der Waals surface area contributed by atoms with Crippen LogP contribution in [0, 0.1) is 0 Å². The van der Waals surface area contributed by atoms with Gasteiger partial charge >= 0.3 is 6.18 Å². The number of nitrogen functional groups attached to an aromatic ring is 1. The van der Waals surface area contributed by atoms with E-state index in [-0.39, 0.29) is 22.2 Å². The lowest BCUT2D eigenvalue weighted by Crippen LogP contribution is -2.08. The predicted molar refractivity (Wildman–Crippen MR) is 72.4 cm³/mol. The van der Waals surface area contributed by atoms with Crippen LogP contribution >= 0.6 is 23.2 Å². The van der Waals surface area contributed by atoms with Crippen LogP contribution in [0.25, 0.3) is 0 Å². The second-order valence-electron chi connectivity index (χ2n) is 3.92. The van der Waals surface area contributed by atoms with Crippen molar-refractivity contribution in [1.29, 1.82) is 0 Å². The summed E-state index contributed by atoms with van der Waals surface area (Å²) in [5.41, 5.74) is 3.97. The van der Waals surface area contributed by atoms with Crippen LogP contribution < -0.4 is 10.5 Å². The fraction of sp³-hybridized carbons (Fsp3) is 0.0769. The Kier molecular flexibility index (Phi) is 4.01. The number of rotatable bonds is 2. The van der Waals surface area contributed by atoms with Crippen molar-refractivity contribution in [1.82, 2.24) is 0 Å². The van der Waals surface area contributed by atoms with E-state index in [4.69, 9.17) is 33.7 Å². The Bertz CT molecular complexity index is 644. The van der Waals surface area contributed by atoms with Crippen LogP contribution in [0.5, 0.6) is 11.5 Å². The lowest BCUT2D eigenvalue weighted by atomic mass is 10.1. The van der Waals surface area contributed by atoms with Crippen LogP contribution in [-0.4, -0.2) is 0 Å². The molecule has 0 unspecified atom stereocenters. The fourth-order valence-corrected chi connectivity index (χ4v) is 1.98. The summed E-state index contributed by atoms with van der Waals surface area (Å²) in [5, 5.41) is 0.596. The van der Waals surface area contributed by atoms with Crippen molar-refractivity contribution in [3.63, 3.8) is 0 Å². The molecule has 2 aromatic carbocycles. The molecule has 0 heterocycles. The van der Waals surface area contributed by atoms with E-state index in [1.54, 1.807) is 0 Å². The molecule has 0 fully saturated rings. The molecule has 0 bridgehead atoms. The van der Waals surface area contributed by atoms with Gasteiger partial charge in [-0.1, -0.05) is 23.2 Å². The van der Waals surface area contributed by atoms with Gasteiger partial charge in [-0.15, -0.1) is 0 Å². The summed E-state index contributed by atoms with van der Waals surface area (Å²) in [7, 11) is 0. The van der Waals surface area contributed by atoms with Crippen LogP contribution in [0.2, 0.25) is 10.0 Å². The topological polar surface area (TPSA) is 35.2 Å². The van der Waals surface area contributed by atoms with E-state index in [0.29, 0.717) is 5.02 Å². The Labute approximate surface area is 122 Å². The summed E-state index contributed by atoms with van der Waals surface area (Å²) >= 11 is 11.6. The normalized spacial score (nSPS) is 11.4. The number of benzene rings is 2. The van der Waals surface area contributed by atoms with Gasteiger partial charge in [0.05, 0.1) is 10.6 Å². The molecule has 2 N–H and O–H groups in total. The highest BCUT2D eigenvalue weighted by Gasteiger charge is 2.33. The molecule has 0 radical (unpaired) electrons. The second kappa shape index (κ2) is 5.42. The predicted octanol–water partition coefficient (Wildman–Crippen LogP) is 5.39. The van der Waals surface area contributed by atoms with Gasteiger partial charge in [0.25, 0.3) is 0 Å². The molecule has 0 aromatic heterocycles. The highest BCUT2D eigenvalue weighted by Crippen LogP contribution is 2.38. The lowest BCUT2D eigenvalue weighted by molar-refractivity contribution is -0.137. The number of anilines is 1. The number of hydrogen-bond donors (Lipinski definition) is 1. The van der Waals surface area contributed by atoms with Gasteiger partial charge in [0.2, 0.25) is 0 Å². The zero-order valence-corrected chi connectivity index (χ0v) is 11.4. The molecule has 0 aliphatic rings. The van der Waals surface area contributed by atoms with Gasteiger partial charge in [-0.25, -0.2) is 0 Å². The largest absolute Gasteiger partial charge is 0.456 e. The van der Waals surface area contributed by atoms with Crippen molar-refractivity contribution in [2.75, 3.05) is 5.73 Å². The van der Waals surface area contributed by atoms with Crippen molar-refractivity contribution >= 4 is 28.9 Å². The summed E-state index contributed by atoms with van der Waals surface area (Å²) in [6.45, 7) is 0. The average molecular weight is 322 g/mol. The van der Waals surface area contributed by atoms with Crippen molar-refractivity contribution in [3.8, 4) is 11.5 Å². The quantitative estimate of drug-likeness (QED) is 0.753. The third kappa shape index (κ3) is 3.29. The third-order valence-corrected chi connectivity index (χ3v) is 2.98. The van der Waals surface area contributed by atoms with E-state index >= 15 is 0 Å². The van der Waals surface area contributed by atoms with E-state index in [1.165, 1.54) is 24.3 Å². The molecule has 0 atom stereocenters. The molecule has 20 heavy (non-hydrogen) atoms. The fourth-order valence-electron chi connectivity index (χ4n) is 1.53. The van der Waals surface area contributed by atoms with Gasteiger partial charge < -0.3 is 10.5 Å². The summed E-state index contributed by atoms with van der Waals surface area (Å²) in [5.74, 6) is 0.185. The van der Waals surface area contributed by atoms with E-state index < -0.39 is 11.7 Å². The van der Waals surface area contributed by atoms with Crippen molar-refractivity contribution in [2.45, 2.75) is 6.18 Å². The molecule has 0 saturated heterocycles. The Morgan fingerprint density at radius 2 is 1.70 bits per heavy atom. The van der Waals surface area contributed by atoms with E-state index in [9.17, 15) is 13.2 Å². The molecule has 0 spiro atoms. The first-order chi connectivity index (χ1) is 9.27. The molecule has 2 rings (SSSR count). The van der Waals surface area contributed by atoms with Crippen molar-refractivity contribution < 1.29 is 17.9 Å². The van der Waals surface area contributed by atoms with Gasteiger partial charge in [-0.2, -0.15) is 13.2 Å². The SMILES string of the molecule is Nc1ccc(Oc2ccc(Cl)cc2Cl)cc1C(F)(F)F. The Hall–Kier alpha value is -1.59. The number of halogens is 5. The number of nitrogens with two attached hydrogens (primary N) is 1. The van der Waals surface area contributed by atoms with E-state index in [0.717, 1.165) is 12.1 Å². The summed E-state index contributed by atoms with van der Waals surface area (Å²) in [6, 6.07) is 7.69. The summed E-state index contributed by atoms with van der Waals surface area (Å²) in [4.78, 5) is 0. The zero-order valence-electron chi connectivity index (χ0n) is 9.84. The third-order valence-electron chi connectivity index (χ3n) is 2.45. The van der Waals surface area contributed by atoms with Crippen LogP contribution in [-0.2, 0) is 6.18 Å². The maximum atomic E-state index is 12.7. The standard InChI is InChI=1S/C13H8Cl2F3NO/c14-7-1-4-12(10(15)5-7)20-8-2-3-11(19)9(6-8)13(16,17)18/h1-6H,19H2. The lowest BCUT2D eigenvalue weighted by Gasteiger charge is -2.13. The molecule has 0 amide bonds. The van der Waals surface area contributed by atoms with E-state index in [1.807, 2.05) is 0 Å². The summed E-state index contributed by atoms with van der Waals surface area (Å²) < 4.78 is 43.5. The van der Waals surface area contributed by atoms with Gasteiger partial charge in [0.1, 0.15) is 11.5 Å². The highest BCUT2D eigenvalue weighted by molar-refractivity contribution is 6.35. The molecular weight excluding hydrogens is 314 g/mol. The minimum absolute atomic E-state index is 0.0178. The minimum atomic E-state index is -4.55. The van der Waals surface area contributed by atoms with Gasteiger partial charge in [0.15, 0.2) is 0 Å². The zero-order chi connectivity index (χ0) is 14.9. The van der Waals surface area contributed by atoms with E-state index in [2.05, 4.69) is 0 Å². The second-order valence-corrected chi connectivity index (χ2v) is 4.77. The maximum Gasteiger partial charge on any atom is 0.418 e. The molecular formula is C13H8Cl2F3NO. The number of ether oxygens (including phenoxy) is 1. The van der Waals surface area contributed by atoms with Crippen LogP contribution in [0.3, 0.4) is 0 Å². The number of hydrogen-bond acceptors (Lipinski definition) is 2. The monoisotopic (exact) mass is 321 g/mol. The molecule has 0 aliphatic carbocycles. The van der Waals surface area contributed by atoms with Crippen LogP contribution in [0.15, 0.2) is 36.4 Å². The van der Waals surface area contributed by atoms with Crippen molar-refractivity contribution in [3.05, 3.63) is 52.0 Å². The molecule has 0 aliphatic heterocycles. The Morgan fingerprint density at radius 3 is 2.30 bits per heavy atom. The molecule has 7 heteroatoms. The molecule has 2 aromatic rings. The van der Waals surface area contributed by atoms with Crippen molar-refractivity contribution in [2.24, 2.45) is 0 Å². The Balaban J connectivity index is 2.35. The van der Waals surface area contributed by atoms with Crippen LogP contribution in [0.1, 0.15) is 5.56 Å². The first-order valence-corrected chi connectivity index (χ1v) is 6.12. The minimum Gasteiger partial charge on any atom is -0.456 e. The average Bonchev–Trinajstić information content (AvgIpc) is 2.33. The molecule has 106 valence electrons.